The minimum Gasteiger partial charge on any atom is -0.378 e. The number of fused-ring (bicyclic) bond motifs is 1. The van der Waals surface area contributed by atoms with Crippen LogP contribution in [0.1, 0.15) is 28.6 Å². The number of ether oxygens (including phenoxy) is 1. The number of nitrogens with one attached hydrogen (secondary N) is 1. The highest BCUT2D eigenvalue weighted by atomic mass is 16.5. The number of methoxy groups -OCH3 is 1. The summed E-state index contributed by atoms with van der Waals surface area (Å²) in [5.74, 6) is 0.0333. The molecule has 4 rings (SSSR count). The van der Waals surface area contributed by atoms with E-state index in [2.05, 4.69) is 15.3 Å². The third-order valence-electron chi connectivity index (χ3n) is 4.44. The Morgan fingerprint density at radius 1 is 1.42 bits per heavy atom. The van der Waals surface area contributed by atoms with E-state index in [1.54, 1.807) is 7.11 Å². The van der Waals surface area contributed by atoms with E-state index in [4.69, 9.17) is 4.74 Å². The van der Waals surface area contributed by atoms with Gasteiger partial charge in [0.2, 0.25) is 0 Å². The van der Waals surface area contributed by atoms with Crippen molar-refractivity contribution in [2.45, 2.75) is 19.1 Å². The van der Waals surface area contributed by atoms with E-state index < -0.39 is 0 Å². The van der Waals surface area contributed by atoms with Crippen LogP contribution in [0.5, 0.6) is 0 Å². The van der Waals surface area contributed by atoms with Crippen LogP contribution in [0.2, 0.25) is 0 Å². The molecule has 1 N–H and O–H groups in total. The first-order valence-electron chi connectivity index (χ1n) is 8.01. The van der Waals surface area contributed by atoms with Gasteiger partial charge in [-0.15, -0.1) is 5.10 Å². The van der Waals surface area contributed by atoms with Gasteiger partial charge in [-0.3, -0.25) is 4.79 Å². The van der Waals surface area contributed by atoms with E-state index >= 15 is 0 Å². The molecule has 1 saturated heterocycles. The Labute approximate surface area is 139 Å². The van der Waals surface area contributed by atoms with Gasteiger partial charge in [0.05, 0.1) is 18.8 Å². The van der Waals surface area contributed by atoms with Crippen LogP contribution in [0.25, 0.3) is 10.9 Å². The summed E-state index contributed by atoms with van der Waals surface area (Å²) in [5, 5.41) is 9.30. The normalized spacial score (nSPS) is 17.7. The van der Waals surface area contributed by atoms with Gasteiger partial charge in [-0.05, 0) is 18.6 Å². The summed E-state index contributed by atoms with van der Waals surface area (Å²) in [5.41, 5.74) is 2.42. The van der Waals surface area contributed by atoms with Crippen LogP contribution in [0.4, 0.5) is 0 Å². The average molecular weight is 325 g/mol. The maximum Gasteiger partial charge on any atom is 0.270 e. The number of para-hydroxylation sites is 1. The number of rotatable bonds is 4. The van der Waals surface area contributed by atoms with Crippen LogP contribution >= 0.6 is 0 Å². The molecular weight excluding hydrogens is 306 g/mol. The third-order valence-corrected chi connectivity index (χ3v) is 4.44. The van der Waals surface area contributed by atoms with E-state index in [0.29, 0.717) is 18.8 Å². The average Bonchev–Trinajstić information content (AvgIpc) is 3.32. The molecule has 1 atom stereocenters. The minimum atomic E-state index is 0.0333. The number of benzene rings is 1. The summed E-state index contributed by atoms with van der Waals surface area (Å²) in [4.78, 5) is 17.8. The number of aromatic amines is 1. The molecule has 7 nitrogen and oxygen atoms in total. The van der Waals surface area contributed by atoms with E-state index in [9.17, 15) is 4.79 Å². The second-order valence-corrected chi connectivity index (χ2v) is 6.09. The van der Waals surface area contributed by atoms with E-state index in [-0.39, 0.29) is 11.9 Å². The number of aromatic nitrogens is 4. The summed E-state index contributed by atoms with van der Waals surface area (Å²) < 4.78 is 6.91. The van der Waals surface area contributed by atoms with Crippen molar-refractivity contribution in [1.82, 2.24) is 24.9 Å². The molecule has 0 bridgehead atoms. The molecule has 3 heterocycles. The smallest absolute Gasteiger partial charge is 0.270 e. The van der Waals surface area contributed by atoms with Crippen molar-refractivity contribution >= 4 is 16.8 Å². The number of carbonyl (C=O) groups excluding carboxylic acids is 1. The van der Waals surface area contributed by atoms with Gasteiger partial charge in [0, 0.05) is 31.1 Å². The lowest BCUT2D eigenvalue weighted by atomic mass is 10.2. The molecule has 124 valence electrons. The maximum atomic E-state index is 12.7. The van der Waals surface area contributed by atoms with Crippen LogP contribution in [0.3, 0.4) is 0 Å². The lowest BCUT2D eigenvalue weighted by molar-refractivity contribution is 0.0782. The summed E-state index contributed by atoms with van der Waals surface area (Å²) in [7, 11) is 1.63. The lowest BCUT2D eigenvalue weighted by Gasteiger charge is -2.15. The number of carbonyl (C=O) groups is 1. The Balaban J connectivity index is 1.48. The molecule has 1 fully saturated rings. The Bertz CT molecular complexity index is 836. The molecule has 2 aromatic heterocycles. The van der Waals surface area contributed by atoms with Crippen molar-refractivity contribution in [2.75, 3.05) is 20.2 Å². The molecule has 1 amide bonds. The van der Waals surface area contributed by atoms with Crippen LogP contribution in [-0.4, -0.2) is 51.0 Å². The predicted octanol–water partition coefficient (Wildman–Crippen LogP) is 1.99. The monoisotopic (exact) mass is 325 g/mol. The number of amides is 1. The first kappa shape index (κ1) is 14.9. The number of likely N-dealkylation sites (tertiary alicyclic amines) is 1. The van der Waals surface area contributed by atoms with Crippen molar-refractivity contribution in [2.24, 2.45) is 0 Å². The van der Waals surface area contributed by atoms with Gasteiger partial charge in [-0.1, -0.05) is 23.4 Å². The van der Waals surface area contributed by atoms with Gasteiger partial charge in [0.15, 0.2) is 0 Å². The van der Waals surface area contributed by atoms with Crippen LogP contribution in [0, 0.1) is 0 Å². The zero-order chi connectivity index (χ0) is 16.5. The van der Waals surface area contributed by atoms with Gasteiger partial charge in [-0.25, -0.2) is 4.68 Å². The molecule has 0 saturated carbocycles. The molecular formula is C17H19N5O2. The largest absolute Gasteiger partial charge is 0.378 e. The molecule has 0 unspecified atom stereocenters. The van der Waals surface area contributed by atoms with Gasteiger partial charge in [0.1, 0.15) is 11.4 Å². The number of hydrogen-bond acceptors (Lipinski definition) is 4. The molecule has 0 radical (unpaired) electrons. The lowest BCUT2D eigenvalue weighted by Crippen LogP contribution is -2.29. The van der Waals surface area contributed by atoms with E-state index in [0.717, 1.165) is 29.6 Å². The summed E-state index contributed by atoms with van der Waals surface area (Å²) >= 11 is 0. The number of hydrogen-bond donors (Lipinski definition) is 1. The number of H-pyrrole nitrogens is 1. The highest BCUT2D eigenvalue weighted by Gasteiger charge is 2.29. The summed E-state index contributed by atoms with van der Waals surface area (Å²) in [6, 6.07) is 9.99. The summed E-state index contributed by atoms with van der Waals surface area (Å²) in [6.45, 7) is 1.81. The van der Waals surface area contributed by atoms with Crippen molar-refractivity contribution in [1.29, 1.82) is 0 Å². The van der Waals surface area contributed by atoms with Crippen molar-refractivity contribution in [3.05, 3.63) is 47.9 Å². The fourth-order valence-corrected chi connectivity index (χ4v) is 3.21. The minimum absolute atomic E-state index is 0.0333. The zero-order valence-electron chi connectivity index (χ0n) is 13.5. The van der Waals surface area contributed by atoms with Gasteiger partial charge < -0.3 is 14.6 Å². The van der Waals surface area contributed by atoms with Crippen LogP contribution in [0.15, 0.2) is 36.5 Å². The van der Waals surface area contributed by atoms with Crippen molar-refractivity contribution < 1.29 is 9.53 Å². The van der Waals surface area contributed by atoms with E-state index in [1.165, 1.54) is 0 Å². The third kappa shape index (κ3) is 2.67. The first-order valence-corrected chi connectivity index (χ1v) is 8.01. The van der Waals surface area contributed by atoms with Crippen LogP contribution < -0.4 is 0 Å². The molecule has 3 aromatic rings. The second kappa shape index (κ2) is 6.09. The van der Waals surface area contributed by atoms with E-state index in [1.807, 2.05) is 46.1 Å². The highest BCUT2D eigenvalue weighted by Crippen LogP contribution is 2.24. The SMILES string of the molecule is COCc1cn([C@@H]2CCN(C(=O)c3cc4ccccc4[nH]3)C2)nn1. The highest BCUT2D eigenvalue weighted by molar-refractivity contribution is 5.98. The molecule has 0 spiro atoms. The summed E-state index contributed by atoms with van der Waals surface area (Å²) in [6.07, 6.45) is 2.77. The topological polar surface area (TPSA) is 76.0 Å². The molecule has 1 aromatic carbocycles. The maximum absolute atomic E-state index is 12.7. The Morgan fingerprint density at radius 3 is 3.12 bits per heavy atom. The predicted molar refractivity (Wildman–Crippen MR) is 88.6 cm³/mol. The van der Waals surface area contributed by atoms with Crippen LogP contribution in [-0.2, 0) is 11.3 Å². The van der Waals surface area contributed by atoms with Crippen molar-refractivity contribution in [3.63, 3.8) is 0 Å². The molecule has 1 aliphatic heterocycles. The second-order valence-electron chi connectivity index (χ2n) is 6.09. The Kier molecular flexibility index (Phi) is 3.78. The Morgan fingerprint density at radius 2 is 2.29 bits per heavy atom. The molecule has 24 heavy (non-hydrogen) atoms. The fourth-order valence-electron chi connectivity index (χ4n) is 3.21. The molecule has 7 heteroatoms. The standard InChI is InChI=1S/C17H19N5O2/c1-24-11-13-9-22(20-19-13)14-6-7-21(10-14)17(23)16-8-12-4-2-3-5-15(12)18-16/h2-5,8-9,14,18H,6-7,10-11H2,1H3/t14-/m1/s1. The molecule has 0 aliphatic carbocycles. The van der Waals surface area contributed by atoms with Gasteiger partial charge in [0.25, 0.3) is 5.91 Å². The Hall–Kier alpha value is -2.67. The zero-order valence-corrected chi connectivity index (χ0v) is 13.5. The number of nitrogens with zero attached hydrogens (tertiary/aromatic N) is 4. The quantitative estimate of drug-likeness (QED) is 0.796. The van der Waals surface area contributed by atoms with Gasteiger partial charge in [-0.2, -0.15) is 0 Å². The first-order chi connectivity index (χ1) is 11.7. The molecule has 1 aliphatic rings. The van der Waals surface area contributed by atoms with Crippen molar-refractivity contribution in [3.8, 4) is 0 Å². The fraction of sp³-hybridized carbons (Fsp3) is 0.353. The van der Waals surface area contributed by atoms with Gasteiger partial charge >= 0.3 is 0 Å².